The molecule has 0 heterocycles. The minimum absolute atomic E-state index is 0.176. The summed E-state index contributed by atoms with van der Waals surface area (Å²) in [6, 6.07) is 0. The van der Waals surface area contributed by atoms with Gasteiger partial charge in [-0.1, -0.05) is 0 Å². The summed E-state index contributed by atoms with van der Waals surface area (Å²) in [6.45, 7) is 0. The van der Waals surface area contributed by atoms with E-state index in [4.69, 9.17) is 0 Å². The van der Waals surface area contributed by atoms with Crippen molar-refractivity contribution in [3.63, 3.8) is 0 Å². The van der Waals surface area contributed by atoms with E-state index in [1.807, 2.05) is 0 Å². The van der Waals surface area contributed by atoms with Gasteiger partial charge in [0.2, 0.25) is 0 Å². The number of sulfone groups is 1. The lowest BCUT2D eigenvalue weighted by atomic mass is 9.98. The average Bonchev–Trinajstić information content (AvgIpc) is 2.30. The topological polar surface area (TPSA) is 68.3 Å². The van der Waals surface area contributed by atoms with Gasteiger partial charge in [0.05, 0.1) is 10.5 Å². The quantitative estimate of drug-likeness (QED) is 0.751. The molecule has 4 nitrogen and oxygen atoms in total. The molecule has 2 aliphatic carbocycles. The number of hydrogen-bond donors (Lipinski definition) is 0. The number of carbonyl (C=O) groups excluding carboxylic acids is 2. The molecule has 0 unspecified atom stereocenters. The van der Waals surface area contributed by atoms with Crippen molar-refractivity contribution >= 4 is 21.4 Å². The van der Waals surface area contributed by atoms with E-state index >= 15 is 0 Å². The number of ketones is 2. The molecule has 17 heavy (non-hydrogen) atoms. The zero-order valence-electron chi connectivity index (χ0n) is 9.85. The van der Waals surface area contributed by atoms with Gasteiger partial charge in [0.1, 0.15) is 11.6 Å². The smallest absolute Gasteiger partial charge is 0.156 e. The summed E-state index contributed by atoms with van der Waals surface area (Å²) < 4.78 is 24.7. The second-order valence-electron chi connectivity index (χ2n) is 5.07. The molecule has 0 bridgehead atoms. The summed E-state index contributed by atoms with van der Waals surface area (Å²) >= 11 is 0. The van der Waals surface area contributed by atoms with Crippen LogP contribution in [-0.2, 0) is 19.4 Å². The van der Waals surface area contributed by atoms with Crippen LogP contribution >= 0.6 is 0 Å². The SMILES string of the molecule is O=C1CCC(S(=O)(=O)C2CCC(=O)CC2)CC1. The molecule has 0 aliphatic heterocycles. The fraction of sp³-hybridized carbons (Fsp3) is 0.833. The summed E-state index contributed by atoms with van der Waals surface area (Å²) in [4.78, 5) is 22.2. The molecule has 2 rings (SSSR count). The maximum absolute atomic E-state index is 12.3. The molecule has 2 aliphatic rings. The van der Waals surface area contributed by atoms with E-state index in [1.54, 1.807) is 0 Å². The highest BCUT2D eigenvalue weighted by atomic mass is 32.2. The molecule has 0 aromatic rings. The van der Waals surface area contributed by atoms with Crippen LogP contribution in [0.3, 0.4) is 0 Å². The summed E-state index contributed by atoms with van der Waals surface area (Å²) in [5.74, 6) is 0.352. The first-order valence-corrected chi connectivity index (χ1v) is 7.87. The van der Waals surface area contributed by atoms with Crippen LogP contribution in [0, 0.1) is 0 Å². The largest absolute Gasteiger partial charge is 0.300 e. The molecule has 96 valence electrons. The molecule has 0 spiro atoms. The van der Waals surface area contributed by atoms with E-state index in [9.17, 15) is 18.0 Å². The van der Waals surface area contributed by atoms with E-state index < -0.39 is 9.84 Å². The Morgan fingerprint density at radius 2 is 1.00 bits per heavy atom. The Labute approximate surface area is 102 Å². The molecule has 0 radical (unpaired) electrons. The predicted octanol–water partition coefficient (Wildman–Crippen LogP) is 1.42. The van der Waals surface area contributed by atoms with Crippen molar-refractivity contribution in [2.45, 2.75) is 61.9 Å². The fourth-order valence-corrected chi connectivity index (χ4v) is 5.09. The van der Waals surface area contributed by atoms with Crippen molar-refractivity contribution in [1.29, 1.82) is 0 Å². The molecule has 0 amide bonds. The molecular formula is C12H18O4S. The van der Waals surface area contributed by atoms with Crippen LogP contribution < -0.4 is 0 Å². The van der Waals surface area contributed by atoms with Crippen molar-refractivity contribution in [2.75, 3.05) is 0 Å². The molecule has 0 N–H and O–H groups in total. The number of carbonyl (C=O) groups is 2. The van der Waals surface area contributed by atoms with Gasteiger partial charge >= 0.3 is 0 Å². The van der Waals surface area contributed by atoms with Gasteiger partial charge in [-0.05, 0) is 25.7 Å². The highest BCUT2D eigenvalue weighted by Gasteiger charge is 2.37. The second-order valence-corrected chi connectivity index (χ2v) is 7.58. The van der Waals surface area contributed by atoms with Crippen LogP contribution in [-0.4, -0.2) is 30.5 Å². The van der Waals surface area contributed by atoms with Crippen molar-refractivity contribution < 1.29 is 18.0 Å². The molecule has 0 atom stereocenters. The monoisotopic (exact) mass is 258 g/mol. The van der Waals surface area contributed by atoms with Gasteiger partial charge in [0.25, 0.3) is 0 Å². The van der Waals surface area contributed by atoms with Gasteiger partial charge in [0.15, 0.2) is 9.84 Å². The van der Waals surface area contributed by atoms with E-state index in [-0.39, 0.29) is 22.1 Å². The maximum atomic E-state index is 12.3. The van der Waals surface area contributed by atoms with E-state index in [2.05, 4.69) is 0 Å². The highest BCUT2D eigenvalue weighted by molar-refractivity contribution is 7.92. The van der Waals surface area contributed by atoms with Crippen LogP contribution in [0.2, 0.25) is 0 Å². The van der Waals surface area contributed by atoms with Gasteiger partial charge < -0.3 is 0 Å². The van der Waals surface area contributed by atoms with Crippen LogP contribution in [0.5, 0.6) is 0 Å². The molecule has 2 fully saturated rings. The molecule has 0 aromatic carbocycles. The third-order valence-corrected chi connectivity index (χ3v) is 6.71. The Hall–Kier alpha value is -0.710. The third-order valence-electron chi connectivity index (χ3n) is 3.91. The Bertz CT molecular complexity index is 370. The van der Waals surface area contributed by atoms with Crippen molar-refractivity contribution in [3.05, 3.63) is 0 Å². The lowest BCUT2D eigenvalue weighted by molar-refractivity contribution is -0.120. The number of Topliss-reactive ketones (excluding diaryl/α,β-unsaturated/α-hetero) is 2. The Morgan fingerprint density at radius 1 is 0.706 bits per heavy atom. The van der Waals surface area contributed by atoms with Crippen molar-refractivity contribution in [3.8, 4) is 0 Å². The summed E-state index contributed by atoms with van der Waals surface area (Å²) in [7, 11) is -3.14. The van der Waals surface area contributed by atoms with E-state index in [1.165, 1.54) is 0 Å². The number of hydrogen-bond acceptors (Lipinski definition) is 4. The lowest BCUT2D eigenvalue weighted by Gasteiger charge is -2.28. The van der Waals surface area contributed by atoms with Crippen LogP contribution in [0.1, 0.15) is 51.4 Å². The zero-order valence-corrected chi connectivity index (χ0v) is 10.7. The summed E-state index contributed by atoms with van der Waals surface area (Å²) in [5.41, 5.74) is 0. The van der Waals surface area contributed by atoms with E-state index in [0.717, 1.165) is 0 Å². The minimum Gasteiger partial charge on any atom is -0.300 e. The first kappa shape index (κ1) is 12.7. The highest BCUT2D eigenvalue weighted by Crippen LogP contribution is 2.30. The first-order chi connectivity index (χ1) is 8.00. The first-order valence-electron chi connectivity index (χ1n) is 6.26. The van der Waals surface area contributed by atoms with Crippen molar-refractivity contribution in [1.82, 2.24) is 0 Å². The maximum Gasteiger partial charge on any atom is 0.156 e. The van der Waals surface area contributed by atoms with Crippen LogP contribution in [0.15, 0.2) is 0 Å². The fourth-order valence-electron chi connectivity index (χ4n) is 2.76. The standard InChI is InChI=1S/C12H18O4S/c13-9-1-5-11(6-2-9)17(15,16)12-7-3-10(14)4-8-12/h11-12H,1-8H2. The predicted molar refractivity (Wildman–Crippen MR) is 63.4 cm³/mol. The average molecular weight is 258 g/mol. The summed E-state index contributed by atoms with van der Waals surface area (Å²) in [6.07, 6.45) is 3.50. The molecular weight excluding hydrogens is 240 g/mol. The number of rotatable bonds is 2. The van der Waals surface area contributed by atoms with Gasteiger partial charge in [-0.2, -0.15) is 0 Å². The minimum atomic E-state index is -3.14. The van der Waals surface area contributed by atoms with Crippen LogP contribution in [0.25, 0.3) is 0 Å². The van der Waals surface area contributed by atoms with Gasteiger partial charge in [-0.25, -0.2) is 8.42 Å². The molecule has 5 heteroatoms. The van der Waals surface area contributed by atoms with Gasteiger partial charge in [-0.3, -0.25) is 9.59 Å². The second kappa shape index (κ2) is 4.88. The Balaban J connectivity index is 2.03. The molecule has 2 saturated carbocycles. The van der Waals surface area contributed by atoms with Crippen LogP contribution in [0.4, 0.5) is 0 Å². The Kier molecular flexibility index (Phi) is 3.66. The third kappa shape index (κ3) is 2.76. The van der Waals surface area contributed by atoms with Gasteiger partial charge in [-0.15, -0.1) is 0 Å². The van der Waals surface area contributed by atoms with E-state index in [0.29, 0.717) is 51.4 Å². The molecule has 0 saturated heterocycles. The zero-order chi connectivity index (χ0) is 12.5. The molecule has 0 aromatic heterocycles. The van der Waals surface area contributed by atoms with Crippen molar-refractivity contribution in [2.24, 2.45) is 0 Å². The Morgan fingerprint density at radius 3 is 1.29 bits per heavy atom. The normalized spacial score (nSPS) is 25.2. The lowest BCUT2D eigenvalue weighted by Crippen LogP contribution is -2.37. The summed E-state index contributed by atoms with van der Waals surface area (Å²) in [5, 5.41) is -0.697. The van der Waals surface area contributed by atoms with Gasteiger partial charge in [0, 0.05) is 25.7 Å².